The molecule has 1 heterocycles. The lowest BCUT2D eigenvalue weighted by atomic mass is 9.84. The topological polar surface area (TPSA) is 78.4 Å². The number of rotatable bonds is 4. The molecule has 1 aliphatic carbocycles. The predicted octanol–water partition coefficient (Wildman–Crippen LogP) is -0.140. The maximum atomic E-state index is 11.3. The second kappa shape index (κ2) is 5.24. The highest BCUT2D eigenvalue weighted by atomic mass is 17.3. The summed E-state index contributed by atoms with van der Waals surface area (Å²) in [6, 6.07) is 0. The number of epoxide rings is 1. The van der Waals surface area contributed by atoms with Crippen molar-refractivity contribution in [3.05, 3.63) is 0 Å². The quantitative estimate of drug-likeness (QED) is 0.303. The standard InChI is InChI=1S/C12H18O6/c1-7(13)16-4-3-9-5-11-12(18(11)15)6-10(9)17-8(2)14/h9-12H,3-6H2,1-2H3/t9-,10+,11+,12-/m0/s1. The average Bonchev–Trinajstić information content (AvgIpc) is 2.87. The smallest absolute Gasteiger partial charge is 0.302 e. The van der Waals surface area contributed by atoms with Gasteiger partial charge in [0.2, 0.25) is 12.2 Å². The van der Waals surface area contributed by atoms with Crippen LogP contribution in [0.4, 0.5) is 0 Å². The van der Waals surface area contributed by atoms with E-state index < -0.39 is 0 Å². The van der Waals surface area contributed by atoms with Crippen molar-refractivity contribution in [3.8, 4) is 0 Å². The van der Waals surface area contributed by atoms with E-state index in [2.05, 4.69) is 0 Å². The molecule has 0 unspecified atom stereocenters. The monoisotopic (exact) mass is 258 g/mol. The van der Waals surface area contributed by atoms with E-state index in [-0.39, 0.29) is 36.2 Å². The lowest BCUT2D eigenvalue weighted by Gasteiger charge is -2.26. The third-order valence-corrected chi connectivity index (χ3v) is 3.57. The fourth-order valence-corrected chi connectivity index (χ4v) is 2.66. The molecule has 2 fully saturated rings. The Balaban J connectivity index is 1.87. The molecule has 18 heavy (non-hydrogen) atoms. The molecule has 0 amide bonds. The van der Waals surface area contributed by atoms with Gasteiger partial charge in [-0.3, -0.25) is 9.59 Å². The highest BCUT2D eigenvalue weighted by Gasteiger charge is 2.60. The second-order valence-corrected chi connectivity index (χ2v) is 4.91. The van der Waals surface area contributed by atoms with Gasteiger partial charge in [0.15, 0.2) is 0 Å². The first-order valence-corrected chi connectivity index (χ1v) is 6.19. The van der Waals surface area contributed by atoms with E-state index in [1.165, 1.54) is 13.8 Å². The van der Waals surface area contributed by atoms with E-state index in [1.54, 1.807) is 0 Å². The summed E-state index contributed by atoms with van der Waals surface area (Å²) >= 11 is 0. The minimum Gasteiger partial charge on any atom is -0.533 e. The van der Waals surface area contributed by atoms with Crippen molar-refractivity contribution in [2.45, 2.75) is 51.4 Å². The molecule has 102 valence electrons. The molecule has 0 radical (unpaired) electrons. The minimum absolute atomic E-state index is 0.0147. The molecule has 0 bridgehead atoms. The van der Waals surface area contributed by atoms with E-state index in [9.17, 15) is 14.8 Å². The molecule has 4 atom stereocenters. The van der Waals surface area contributed by atoms with E-state index in [0.29, 0.717) is 25.9 Å². The van der Waals surface area contributed by atoms with Crippen LogP contribution in [0.2, 0.25) is 0 Å². The molecule has 1 saturated carbocycles. The Morgan fingerprint density at radius 2 is 1.89 bits per heavy atom. The third kappa shape index (κ3) is 3.00. The SMILES string of the molecule is CC(=O)OCC[C@H]1C[C@@H]2[C@H](C[C@H]1OC(C)=O)[O+]2[O-]. The number of fused-ring (bicyclic) bond motifs is 1. The summed E-state index contributed by atoms with van der Waals surface area (Å²) in [6.07, 6.45) is 1.53. The van der Waals surface area contributed by atoms with Crippen LogP contribution in [0.25, 0.3) is 0 Å². The van der Waals surface area contributed by atoms with Crippen LogP contribution >= 0.6 is 0 Å². The summed E-state index contributed by atoms with van der Waals surface area (Å²) in [5.74, 6) is -0.570. The Bertz CT molecular complexity index is 341. The highest BCUT2D eigenvalue weighted by molar-refractivity contribution is 5.66. The van der Waals surface area contributed by atoms with Crippen LogP contribution in [0.5, 0.6) is 0 Å². The van der Waals surface area contributed by atoms with Crippen LogP contribution in [0.15, 0.2) is 0 Å². The molecule has 0 aromatic heterocycles. The van der Waals surface area contributed by atoms with E-state index in [1.807, 2.05) is 4.52 Å². The number of carbonyl (C=O) groups excluding carboxylic acids is 2. The van der Waals surface area contributed by atoms with Gasteiger partial charge in [0.25, 0.3) is 0 Å². The van der Waals surface area contributed by atoms with E-state index in [0.717, 1.165) is 0 Å². The first-order valence-electron chi connectivity index (χ1n) is 6.19. The predicted molar refractivity (Wildman–Crippen MR) is 58.2 cm³/mol. The second-order valence-electron chi connectivity index (χ2n) is 4.91. The van der Waals surface area contributed by atoms with Gasteiger partial charge in [-0.25, -0.2) is 0 Å². The van der Waals surface area contributed by atoms with Crippen molar-refractivity contribution >= 4 is 11.9 Å². The zero-order valence-electron chi connectivity index (χ0n) is 10.6. The first kappa shape index (κ1) is 13.3. The highest BCUT2D eigenvalue weighted by Crippen LogP contribution is 2.45. The van der Waals surface area contributed by atoms with Gasteiger partial charge in [0.1, 0.15) is 6.10 Å². The van der Waals surface area contributed by atoms with Crippen molar-refractivity contribution in [1.82, 2.24) is 0 Å². The van der Waals surface area contributed by atoms with Crippen molar-refractivity contribution < 1.29 is 28.8 Å². The summed E-state index contributed by atoms with van der Waals surface area (Å²) in [5, 5.41) is 11.3. The Morgan fingerprint density at radius 3 is 2.50 bits per heavy atom. The van der Waals surface area contributed by atoms with E-state index in [4.69, 9.17) is 9.47 Å². The van der Waals surface area contributed by atoms with E-state index >= 15 is 0 Å². The molecule has 1 saturated heterocycles. The molecule has 6 nitrogen and oxygen atoms in total. The minimum atomic E-state index is -0.334. The molecule has 0 N–H and O–H groups in total. The van der Waals surface area contributed by atoms with Gasteiger partial charge < -0.3 is 19.2 Å². The number of esters is 2. The first-order chi connectivity index (χ1) is 8.49. The summed E-state index contributed by atoms with van der Waals surface area (Å²) in [6.45, 7) is 3.03. The maximum absolute atomic E-state index is 11.3. The molecule has 0 aromatic carbocycles. The number of ether oxygens (including phenoxy) is 2. The lowest BCUT2D eigenvalue weighted by Crippen LogP contribution is -2.33. The summed E-state index contributed by atoms with van der Waals surface area (Å²) in [5.41, 5.74) is 0. The molecule has 2 aliphatic rings. The van der Waals surface area contributed by atoms with Crippen LogP contribution in [-0.2, 0) is 23.6 Å². The van der Waals surface area contributed by atoms with Gasteiger partial charge in [0.05, 0.1) is 13.0 Å². The van der Waals surface area contributed by atoms with Gasteiger partial charge in [-0.1, -0.05) is 0 Å². The number of carbonyl (C=O) groups is 2. The van der Waals surface area contributed by atoms with Crippen molar-refractivity contribution in [2.24, 2.45) is 5.92 Å². The molecule has 1 aliphatic heterocycles. The van der Waals surface area contributed by atoms with Crippen molar-refractivity contribution in [1.29, 1.82) is 0 Å². The normalized spacial score (nSPS) is 34.6. The Hall–Kier alpha value is -1.14. The Kier molecular flexibility index (Phi) is 3.87. The number of hydrogen-bond acceptors (Lipinski definition) is 5. The van der Waals surface area contributed by atoms with Crippen LogP contribution in [-0.4, -0.2) is 36.9 Å². The van der Waals surface area contributed by atoms with Crippen LogP contribution < -0.4 is 5.26 Å². The van der Waals surface area contributed by atoms with Gasteiger partial charge in [-0.05, 0) is 6.42 Å². The maximum Gasteiger partial charge on any atom is 0.302 e. The molecular weight excluding hydrogens is 240 g/mol. The fourth-order valence-electron chi connectivity index (χ4n) is 2.66. The Morgan fingerprint density at radius 1 is 1.22 bits per heavy atom. The zero-order chi connectivity index (χ0) is 13.3. The molecule has 0 aromatic rings. The van der Waals surface area contributed by atoms with Gasteiger partial charge in [-0.2, -0.15) is 0 Å². The van der Waals surface area contributed by atoms with Gasteiger partial charge in [0, 0.05) is 26.2 Å². The van der Waals surface area contributed by atoms with Gasteiger partial charge >= 0.3 is 11.9 Å². The fraction of sp³-hybridized carbons (Fsp3) is 0.833. The zero-order valence-corrected chi connectivity index (χ0v) is 10.6. The molecule has 0 spiro atoms. The summed E-state index contributed by atoms with van der Waals surface area (Å²) < 4.78 is 12.0. The third-order valence-electron chi connectivity index (χ3n) is 3.57. The summed E-state index contributed by atoms with van der Waals surface area (Å²) in [7, 11) is 0. The van der Waals surface area contributed by atoms with Crippen molar-refractivity contribution in [2.75, 3.05) is 6.61 Å². The number of hydrogen-bond donors (Lipinski definition) is 0. The molecule has 2 rings (SSSR count). The van der Waals surface area contributed by atoms with Crippen LogP contribution in [0, 0.1) is 5.92 Å². The summed E-state index contributed by atoms with van der Waals surface area (Å²) in [4.78, 5) is 21.7. The van der Waals surface area contributed by atoms with Gasteiger partial charge in [-0.15, -0.1) is 0 Å². The lowest BCUT2D eigenvalue weighted by molar-refractivity contribution is -0.743. The van der Waals surface area contributed by atoms with Crippen LogP contribution in [0.1, 0.15) is 33.1 Å². The van der Waals surface area contributed by atoms with Crippen LogP contribution in [0.3, 0.4) is 0 Å². The average molecular weight is 258 g/mol. The largest absolute Gasteiger partial charge is 0.533 e. The van der Waals surface area contributed by atoms with Crippen molar-refractivity contribution in [3.63, 3.8) is 0 Å². The molecule has 6 heteroatoms. The molecular formula is C12H18O6. The Labute approximate surface area is 105 Å².